The molecule has 0 aliphatic rings. The van der Waals surface area contributed by atoms with Gasteiger partial charge in [0.05, 0.1) is 12.7 Å². The molecule has 22 heavy (non-hydrogen) atoms. The Kier molecular flexibility index (Phi) is 4.83. The quantitative estimate of drug-likeness (QED) is 0.861. The predicted molar refractivity (Wildman–Crippen MR) is 85.7 cm³/mol. The summed E-state index contributed by atoms with van der Waals surface area (Å²) in [5.74, 6) is -0.381. The van der Waals surface area contributed by atoms with Gasteiger partial charge in [-0.2, -0.15) is 0 Å². The average molecular weight is 318 g/mol. The number of halogens is 1. The number of ether oxygens (including phenoxy) is 1. The first kappa shape index (κ1) is 16.0. The van der Waals surface area contributed by atoms with Crippen molar-refractivity contribution in [1.82, 2.24) is 0 Å². The second-order valence-corrected chi connectivity index (χ2v) is 5.38. The summed E-state index contributed by atoms with van der Waals surface area (Å²) in [4.78, 5) is 23.8. The van der Waals surface area contributed by atoms with Crippen molar-refractivity contribution >= 4 is 23.3 Å². The number of rotatable bonds is 5. The fraction of sp³-hybridized carbons (Fsp3) is 0.176. The van der Waals surface area contributed by atoms with E-state index in [9.17, 15) is 9.59 Å². The highest BCUT2D eigenvalue weighted by molar-refractivity contribution is 6.31. The molecule has 114 valence electrons. The van der Waals surface area contributed by atoms with Crippen molar-refractivity contribution < 1.29 is 14.3 Å². The van der Waals surface area contributed by atoms with Crippen molar-refractivity contribution in [3.63, 3.8) is 0 Å². The van der Waals surface area contributed by atoms with Gasteiger partial charge in [0.2, 0.25) is 5.91 Å². The van der Waals surface area contributed by atoms with Crippen LogP contribution in [0, 0.1) is 6.92 Å². The molecule has 0 unspecified atom stereocenters. The lowest BCUT2D eigenvalue weighted by atomic mass is 9.99. The van der Waals surface area contributed by atoms with E-state index < -0.39 is 5.91 Å². The molecule has 0 saturated carbocycles. The van der Waals surface area contributed by atoms with E-state index in [1.165, 1.54) is 19.2 Å². The minimum Gasteiger partial charge on any atom is -0.496 e. The number of carbonyl (C=O) groups excluding carboxylic acids is 2. The Balaban J connectivity index is 2.35. The Morgan fingerprint density at radius 3 is 2.50 bits per heavy atom. The molecule has 0 saturated heterocycles. The lowest BCUT2D eigenvalue weighted by molar-refractivity contribution is 0.0990. The van der Waals surface area contributed by atoms with Crippen LogP contribution in [0.2, 0.25) is 5.02 Å². The Morgan fingerprint density at radius 1 is 1.18 bits per heavy atom. The molecule has 2 rings (SSSR count). The number of amides is 1. The summed E-state index contributed by atoms with van der Waals surface area (Å²) in [5, 5.41) is 0.540. The first-order valence-electron chi connectivity index (χ1n) is 6.68. The van der Waals surface area contributed by atoms with Gasteiger partial charge < -0.3 is 10.5 Å². The van der Waals surface area contributed by atoms with E-state index in [-0.39, 0.29) is 17.8 Å². The highest BCUT2D eigenvalue weighted by atomic mass is 35.5. The van der Waals surface area contributed by atoms with Gasteiger partial charge in [-0.05, 0) is 42.3 Å². The largest absolute Gasteiger partial charge is 0.496 e. The minimum atomic E-state index is -0.593. The maximum absolute atomic E-state index is 12.5. The lowest BCUT2D eigenvalue weighted by Crippen LogP contribution is -2.13. The Bertz CT molecular complexity index is 741. The fourth-order valence-corrected chi connectivity index (χ4v) is 2.44. The van der Waals surface area contributed by atoms with Crippen LogP contribution in [-0.2, 0) is 6.42 Å². The average Bonchev–Trinajstić information content (AvgIpc) is 2.49. The summed E-state index contributed by atoms with van der Waals surface area (Å²) in [7, 11) is 1.47. The molecule has 0 bridgehead atoms. The molecule has 0 aliphatic heterocycles. The minimum absolute atomic E-state index is 0.123. The van der Waals surface area contributed by atoms with Gasteiger partial charge in [0.25, 0.3) is 0 Å². The molecule has 5 heteroatoms. The zero-order valence-corrected chi connectivity index (χ0v) is 13.1. The third kappa shape index (κ3) is 3.46. The number of Topliss-reactive ketones (excluding diaryl/α,β-unsaturated/α-hetero) is 1. The van der Waals surface area contributed by atoms with E-state index in [0.29, 0.717) is 16.3 Å². The van der Waals surface area contributed by atoms with Crippen molar-refractivity contribution in [3.8, 4) is 5.75 Å². The second-order valence-electron chi connectivity index (χ2n) is 4.97. The van der Waals surface area contributed by atoms with Gasteiger partial charge in [0.1, 0.15) is 5.75 Å². The summed E-state index contributed by atoms with van der Waals surface area (Å²) >= 11 is 6.16. The maximum Gasteiger partial charge on any atom is 0.248 e. The van der Waals surface area contributed by atoms with E-state index in [1.54, 1.807) is 12.1 Å². The van der Waals surface area contributed by atoms with Crippen LogP contribution in [0.25, 0.3) is 0 Å². The van der Waals surface area contributed by atoms with E-state index in [4.69, 9.17) is 22.1 Å². The van der Waals surface area contributed by atoms with E-state index in [2.05, 4.69) is 0 Å². The summed E-state index contributed by atoms with van der Waals surface area (Å²) in [5.41, 5.74) is 7.58. The molecule has 4 nitrogen and oxygen atoms in total. The van der Waals surface area contributed by atoms with Crippen molar-refractivity contribution in [1.29, 1.82) is 0 Å². The van der Waals surface area contributed by atoms with Gasteiger partial charge in [-0.15, -0.1) is 0 Å². The number of benzene rings is 2. The van der Waals surface area contributed by atoms with Crippen LogP contribution in [0.15, 0.2) is 36.4 Å². The number of hydrogen-bond acceptors (Lipinski definition) is 3. The Labute approximate surface area is 133 Å². The van der Waals surface area contributed by atoms with Crippen LogP contribution in [0.4, 0.5) is 0 Å². The van der Waals surface area contributed by atoms with Crippen molar-refractivity contribution in [2.75, 3.05) is 7.11 Å². The number of methoxy groups -OCH3 is 1. The normalized spacial score (nSPS) is 10.3. The number of primary amides is 1. The smallest absolute Gasteiger partial charge is 0.248 e. The van der Waals surface area contributed by atoms with Crippen molar-refractivity contribution in [2.45, 2.75) is 13.3 Å². The highest BCUT2D eigenvalue weighted by Gasteiger charge is 2.16. The van der Waals surface area contributed by atoms with Crippen LogP contribution in [0.1, 0.15) is 31.8 Å². The van der Waals surface area contributed by atoms with Gasteiger partial charge in [-0.25, -0.2) is 0 Å². The third-order valence-corrected chi connectivity index (χ3v) is 3.70. The molecule has 0 radical (unpaired) electrons. The number of hydrogen-bond donors (Lipinski definition) is 1. The van der Waals surface area contributed by atoms with Gasteiger partial charge in [0.15, 0.2) is 5.78 Å². The summed E-state index contributed by atoms with van der Waals surface area (Å²) in [6, 6.07) is 10.1. The van der Waals surface area contributed by atoms with Crippen molar-refractivity contribution in [3.05, 3.63) is 63.7 Å². The molecule has 1 amide bonds. The zero-order valence-electron chi connectivity index (χ0n) is 12.4. The summed E-state index contributed by atoms with van der Waals surface area (Å²) < 4.78 is 5.18. The first-order chi connectivity index (χ1) is 10.4. The molecular formula is C17H16ClNO3. The Morgan fingerprint density at radius 2 is 1.91 bits per heavy atom. The van der Waals surface area contributed by atoms with Gasteiger partial charge in [0, 0.05) is 17.0 Å². The SMILES string of the molecule is COc1ccc(C(N)=O)cc1C(=O)Cc1ccc(C)cc1Cl. The molecule has 0 aliphatic carbocycles. The number of ketones is 1. The van der Waals surface area contributed by atoms with Crippen molar-refractivity contribution in [2.24, 2.45) is 5.73 Å². The summed E-state index contributed by atoms with van der Waals surface area (Å²) in [6.07, 6.45) is 0.123. The molecule has 0 spiro atoms. The molecular weight excluding hydrogens is 302 g/mol. The lowest BCUT2D eigenvalue weighted by Gasteiger charge is -2.10. The predicted octanol–water partition coefficient (Wildman–Crippen LogP) is 3.18. The Hall–Kier alpha value is -2.33. The fourth-order valence-electron chi connectivity index (χ4n) is 2.14. The molecule has 0 heterocycles. The molecule has 0 atom stereocenters. The number of aryl methyl sites for hydroxylation is 1. The molecule has 2 aromatic carbocycles. The van der Waals surface area contributed by atoms with E-state index >= 15 is 0 Å². The third-order valence-electron chi connectivity index (χ3n) is 3.34. The van der Waals surface area contributed by atoms with Crippen LogP contribution >= 0.6 is 11.6 Å². The molecule has 0 aromatic heterocycles. The molecule has 2 N–H and O–H groups in total. The number of nitrogens with two attached hydrogens (primary N) is 1. The van der Waals surface area contributed by atoms with E-state index in [0.717, 1.165) is 11.1 Å². The highest BCUT2D eigenvalue weighted by Crippen LogP contribution is 2.24. The van der Waals surface area contributed by atoms with Gasteiger partial charge in [-0.3, -0.25) is 9.59 Å². The van der Waals surface area contributed by atoms with Gasteiger partial charge in [-0.1, -0.05) is 23.7 Å². The topological polar surface area (TPSA) is 69.4 Å². The summed E-state index contributed by atoms with van der Waals surface area (Å²) in [6.45, 7) is 1.93. The van der Waals surface area contributed by atoms with E-state index in [1.807, 2.05) is 19.1 Å². The maximum atomic E-state index is 12.5. The van der Waals surface area contributed by atoms with Crippen LogP contribution in [-0.4, -0.2) is 18.8 Å². The zero-order chi connectivity index (χ0) is 16.3. The van der Waals surface area contributed by atoms with Crippen LogP contribution < -0.4 is 10.5 Å². The first-order valence-corrected chi connectivity index (χ1v) is 7.06. The van der Waals surface area contributed by atoms with Crippen LogP contribution in [0.5, 0.6) is 5.75 Å². The number of carbonyl (C=O) groups is 2. The molecule has 2 aromatic rings. The standard InChI is InChI=1S/C17H16ClNO3/c1-10-3-4-11(14(18)7-10)9-15(20)13-8-12(17(19)21)5-6-16(13)22-2/h3-8H,9H2,1-2H3,(H2,19,21). The van der Waals surface area contributed by atoms with Crippen LogP contribution in [0.3, 0.4) is 0 Å². The van der Waals surface area contributed by atoms with Gasteiger partial charge >= 0.3 is 0 Å². The second kappa shape index (κ2) is 6.62. The molecule has 0 fully saturated rings. The monoisotopic (exact) mass is 317 g/mol.